The lowest BCUT2D eigenvalue weighted by molar-refractivity contribution is -0.383. The molecule has 0 saturated heterocycles. The van der Waals surface area contributed by atoms with Crippen LogP contribution in [0.4, 0.5) is 18.9 Å². The minimum atomic E-state index is -6.14. The molecule has 0 atom stereocenters. The van der Waals surface area contributed by atoms with Crippen LogP contribution in [0.3, 0.4) is 0 Å². The van der Waals surface area contributed by atoms with Crippen LogP contribution in [0.1, 0.15) is 11.1 Å². The van der Waals surface area contributed by atoms with Gasteiger partial charge in [-0.05, 0) is 23.3 Å². The largest absolute Gasteiger partial charge is 0.534 e. The van der Waals surface area contributed by atoms with Crippen LogP contribution in [0, 0.1) is 10.1 Å². The fourth-order valence-electron chi connectivity index (χ4n) is 2.00. The van der Waals surface area contributed by atoms with Crippen LogP contribution in [-0.4, -0.2) is 34.0 Å². The van der Waals surface area contributed by atoms with Gasteiger partial charge in [0.25, 0.3) is 0 Å². The molecular weight excluding hydrogens is 373 g/mol. The molecule has 136 valence electrons. The number of aliphatic hydroxyl groups excluding tert-OH is 2. The molecule has 1 heterocycles. The van der Waals surface area contributed by atoms with E-state index in [0.29, 0.717) is 6.20 Å². The maximum absolute atomic E-state index is 12.4. The van der Waals surface area contributed by atoms with E-state index >= 15 is 0 Å². The highest BCUT2D eigenvalue weighted by atomic mass is 32.2. The number of nitro groups is 1. The Hall–Kier alpha value is -2.51. The number of aromatic nitrogens is 1. The molecule has 9 nitrogen and oxygen atoms in total. The molecule has 25 heavy (non-hydrogen) atoms. The van der Waals surface area contributed by atoms with Gasteiger partial charge in [-0.15, -0.1) is 0 Å². The van der Waals surface area contributed by atoms with Gasteiger partial charge in [-0.3, -0.25) is 15.1 Å². The molecule has 0 spiro atoms. The van der Waals surface area contributed by atoms with Crippen molar-refractivity contribution in [2.75, 3.05) is 0 Å². The van der Waals surface area contributed by atoms with Crippen LogP contribution in [-0.2, 0) is 23.3 Å². The summed E-state index contributed by atoms with van der Waals surface area (Å²) in [4.78, 5) is 13.7. The van der Waals surface area contributed by atoms with E-state index in [4.69, 9.17) is 0 Å². The lowest BCUT2D eigenvalue weighted by Crippen LogP contribution is -2.28. The molecule has 0 fully saturated rings. The highest BCUT2D eigenvalue weighted by Crippen LogP contribution is 2.38. The van der Waals surface area contributed by atoms with Crippen LogP contribution in [0.2, 0.25) is 0 Å². The molecule has 2 N–H and O–H groups in total. The number of rotatable bonds is 5. The number of alkyl halides is 3. The molecule has 2 rings (SSSR count). The molecule has 0 unspecified atom stereocenters. The second-order valence-corrected chi connectivity index (χ2v) is 6.20. The average Bonchev–Trinajstić information content (AvgIpc) is 2.51. The summed E-state index contributed by atoms with van der Waals surface area (Å²) >= 11 is 0. The first-order chi connectivity index (χ1) is 11.5. The maximum Gasteiger partial charge on any atom is 0.534 e. The van der Waals surface area contributed by atoms with Crippen molar-refractivity contribution in [2.24, 2.45) is 0 Å². The summed E-state index contributed by atoms with van der Waals surface area (Å²) in [6, 6.07) is 2.19. The van der Waals surface area contributed by atoms with Crippen molar-refractivity contribution in [1.82, 2.24) is 4.98 Å². The number of benzene rings is 1. The molecule has 0 aliphatic rings. The zero-order valence-corrected chi connectivity index (χ0v) is 12.8. The van der Waals surface area contributed by atoms with Gasteiger partial charge in [0.15, 0.2) is 0 Å². The summed E-state index contributed by atoms with van der Waals surface area (Å²) < 4.78 is 63.3. The molecule has 0 aliphatic heterocycles. The first-order valence-electron chi connectivity index (χ1n) is 6.33. The van der Waals surface area contributed by atoms with E-state index in [1.807, 2.05) is 0 Å². The molecular formula is C12H9F3N2O7S. The van der Waals surface area contributed by atoms with Crippen molar-refractivity contribution in [2.45, 2.75) is 18.7 Å². The predicted molar refractivity (Wildman–Crippen MR) is 75.8 cm³/mol. The molecule has 1 aromatic heterocycles. The SMILES string of the molecule is O=[N+]([O-])c1c(OS(=O)(=O)C(F)(F)F)cnc2cc(CO)c(CO)cc12. The Kier molecular flexibility index (Phi) is 4.83. The fraction of sp³-hybridized carbons (Fsp3) is 0.250. The molecule has 0 amide bonds. The molecule has 0 aliphatic carbocycles. The van der Waals surface area contributed by atoms with E-state index in [9.17, 15) is 41.9 Å². The number of hydrogen-bond donors (Lipinski definition) is 2. The average molecular weight is 382 g/mol. The zero-order chi connectivity index (χ0) is 19.0. The van der Waals surface area contributed by atoms with E-state index in [1.54, 1.807) is 0 Å². The van der Waals surface area contributed by atoms with Crippen molar-refractivity contribution < 1.29 is 40.9 Å². The number of nitrogens with zero attached hydrogens (tertiary/aromatic N) is 2. The van der Waals surface area contributed by atoms with Gasteiger partial charge in [-0.1, -0.05) is 0 Å². The van der Waals surface area contributed by atoms with E-state index < -0.39 is 45.2 Å². The first-order valence-corrected chi connectivity index (χ1v) is 7.74. The van der Waals surface area contributed by atoms with Crippen LogP contribution in [0.15, 0.2) is 18.3 Å². The van der Waals surface area contributed by atoms with Gasteiger partial charge in [0, 0.05) is 0 Å². The summed E-state index contributed by atoms with van der Waals surface area (Å²) in [6.45, 7) is -1.16. The van der Waals surface area contributed by atoms with Crippen molar-refractivity contribution in [1.29, 1.82) is 0 Å². The molecule has 1 aromatic carbocycles. The summed E-state index contributed by atoms with van der Waals surface area (Å²) in [5.74, 6) is -1.23. The zero-order valence-electron chi connectivity index (χ0n) is 12.0. The number of hydrogen-bond acceptors (Lipinski definition) is 8. The fourth-order valence-corrected chi connectivity index (χ4v) is 2.46. The second kappa shape index (κ2) is 6.42. The van der Waals surface area contributed by atoms with E-state index in [1.165, 1.54) is 6.07 Å². The molecule has 0 bridgehead atoms. The summed E-state index contributed by atoms with van der Waals surface area (Å²) in [5.41, 5.74) is -6.72. The topological polar surface area (TPSA) is 140 Å². The lowest BCUT2D eigenvalue weighted by atomic mass is 10.0. The maximum atomic E-state index is 12.4. The number of halogens is 3. The Morgan fingerprint density at radius 2 is 1.76 bits per heavy atom. The van der Waals surface area contributed by atoms with Gasteiger partial charge < -0.3 is 14.4 Å². The Morgan fingerprint density at radius 3 is 2.24 bits per heavy atom. The standard InChI is InChI=1S/C12H9F3N2O7S/c13-12(14,15)25(22,23)24-10-3-16-9-2-7(5-19)6(4-18)1-8(9)11(10)17(20)21/h1-3,18-19H,4-5H2. The third-order valence-corrected chi connectivity index (χ3v) is 4.10. The lowest BCUT2D eigenvalue weighted by Gasteiger charge is -2.12. The van der Waals surface area contributed by atoms with Gasteiger partial charge in [-0.2, -0.15) is 21.6 Å². The van der Waals surface area contributed by atoms with Gasteiger partial charge in [0.2, 0.25) is 5.75 Å². The number of fused-ring (bicyclic) bond motifs is 1. The van der Waals surface area contributed by atoms with E-state index in [0.717, 1.165) is 6.07 Å². The highest BCUT2D eigenvalue weighted by molar-refractivity contribution is 7.88. The van der Waals surface area contributed by atoms with Crippen molar-refractivity contribution in [3.05, 3.63) is 39.6 Å². The first kappa shape index (κ1) is 18.8. The van der Waals surface area contributed by atoms with E-state index in [2.05, 4.69) is 9.17 Å². The number of aliphatic hydroxyl groups is 2. The molecule has 2 aromatic rings. The second-order valence-electron chi connectivity index (χ2n) is 4.67. The Labute approximate surface area is 137 Å². The molecule has 13 heteroatoms. The monoisotopic (exact) mass is 382 g/mol. The van der Waals surface area contributed by atoms with Crippen molar-refractivity contribution in [3.8, 4) is 5.75 Å². The molecule has 0 radical (unpaired) electrons. The van der Waals surface area contributed by atoms with Gasteiger partial charge in [-0.25, -0.2) is 0 Å². The predicted octanol–water partition coefficient (Wildman–Crippen LogP) is 1.36. The summed E-state index contributed by atoms with van der Waals surface area (Å²) in [6.07, 6.45) is 0.462. The smallest absolute Gasteiger partial charge is 0.392 e. The third kappa shape index (κ3) is 3.47. The quantitative estimate of drug-likeness (QED) is 0.342. The Morgan fingerprint density at radius 1 is 1.20 bits per heavy atom. The van der Waals surface area contributed by atoms with Crippen LogP contribution >= 0.6 is 0 Å². The van der Waals surface area contributed by atoms with Crippen molar-refractivity contribution in [3.63, 3.8) is 0 Å². The van der Waals surface area contributed by atoms with Gasteiger partial charge >= 0.3 is 21.3 Å². The van der Waals surface area contributed by atoms with Crippen LogP contribution in [0.25, 0.3) is 10.9 Å². The molecule has 0 saturated carbocycles. The van der Waals surface area contributed by atoms with Gasteiger partial charge in [0.05, 0.1) is 35.2 Å². The minimum Gasteiger partial charge on any atom is -0.392 e. The summed E-state index contributed by atoms with van der Waals surface area (Å²) in [5, 5.41) is 29.3. The van der Waals surface area contributed by atoms with E-state index in [-0.39, 0.29) is 22.0 Å². The van der Waals surface area contributed by atoms with Crippen LogP contribution < -0.4 is 4.18 Å². The Bertz CT molecular complexity index is 944. The number of pyridine rings is 1. The normalized spacial score (nSPS) is 12.4. The van der Waals surface area contributed by atoms with Crippen LogP contribution in [0.5, 0.6) is 5.75 Å². The highest BCUT2D eigenvalue weighted by Gasteiger charge is 2.49. The third-order valence-electron chi connectivity index (χ3n) is 3.13. The van der Waals surface area contributed by atoms with Gasteiger partial charge in [0.1, 0.15) is 0 Å². The Balaban J connectivity index is 2.75. The summed E-state index contributed by atoms with van der Waals surface area (Å²) in [7, 11) is -6.14. The minimum absolute atomic E-state index is 0.0516. The van der Waals surface area contributed by atoms with Crippen molar-refractivity contribution >= 4 is 26.7 Å².